The van der Waals surface area contributed by atoms with E-state index in [4.69, 9.17) is 0 Å². The van der Waals surface area contributed by atoms with Crippen LogP contribution in [0.2, 0.25) is 0 Å². The van der Waals surface area contributed by atoms with E-state index in [0.29, 0.717) is 43.5 Å². The summed E-state index contributed by atoms with van der Waals surface area (Å²) in [6.07, 6.45) is -1.46. The van der Waals surface area contributed by atoms with E-state index < -0.39 is 23.2 Å². The zero-order valence-electron chi connectivity index (χ0n) is 18.4. The summed E-state index contributed by atoms with van der Waals surface area (Å²) in [7, 11) is 0. The van der Waals surface area contributed by atoms with E-state index in [1.807, 2.05) is 11.8 Å². The minimum Gasteiger partial charge on any atom is -0.354 e. The van der Waals surface area contributed by atoms with Gasteiger partial charge in [0, 0.05) is 43.1 Å². The molecule has 5 nitrogen and oxygen atoms in total. The van der Waals surface area contributed by atoms with E-state index in [-0.39, 0.29) is 11.6 Å². The lowest BCUT2D eigenvalue weighted by atomic mass is 9.99. The molecular formula is C23H29F3N4O. The Balaban J connectivity index is 2.01. The van der Waals surface area contributed by atoms with Gasteiger partial charge in [-0.2, -0.15) is 13.2 Å². The van der Waals surface area contributed by atoms with Gasteiger partial charge in [-0.25, -0.2) is 4.98 Å². The molecule has 0 spiro atoms. The van der Waals surface area contributed by atoms with Crippen molar-refractivity contribution in [2.45, 2.75) is 52.8 Å². The molecule has 1 aliphatic heterocycles. The van der Waals surface area contributed by atoms with Gasteiger partial charge in [0.25, 0.3) is 0 Å². The summed E-state index contributed by atoms with van der Waals surface area (Å²) in [6, 6.07) is 4.18. The number of piperazine rings is 1. The molecule has 0 amide bonds. The molecule has 1 saturated heterocycles. The maximum atomic E-state index is 13.7. The normalized spacial score (nSPS) is 17.3. The van der Waals surface area contributed by atoms with Gasteiger partial charge in [-0.1, -0.05) is 20.8 Å². The number of halogens is 3. The Kier molecular flexibility index (Phi) is 6.99. The zero-order chi connectivity index (χ0) is 22.8. The van der Waals surface area contributed by atoms with Crippen LogP contribution in [-0.2, 0) is 12.6 Å². The highest BCUT2D eigenvalue weighted by atomic mass is 19.4. The number of hydrogen-bond acceptors (Lipinski definition) is 5. The first kappa shape index (κ1) is 23.2. The molecule has 1 aliphatic rings. The van der Waals surface area contributed by atoms with Crippen molar-refractivity contribution in [1.82, 2.24) is 15.3 Å². The second kappa shape index (κ2) is 9.34. The molecular weight excluding hydrogens is 405 g/mol. The molecule has 1 fully saturated rings. The van der Waals surface area contributed by atoms with Crippen LogP contribution in [0.5, 0.6) is 0 Å². The number of anilines is 1. The quantitative estimate of drug-likeness (QED) is 0.682. The van der Waals surface area contributed by atoms with Crippen molar-refractivity contribution >= 4 is 11.6 Å². The fraction of sp³-hybridized carbons (Fsp3) is 0.522. The number of nitrogens with one attached hydrogen (secondary N) is 1. The van der Waals surface area contributed by atoms with Crippen LogP contribution in [-0.4, -0.2) is 41.4 Å². The van der Waals surface area contributed by atoms with Crippen LogP contribution in [0.15, 0.2) is 24.4 Å². The van der Waals surface area contributed by atoms with E-state index in [2.05, 4.69) is 29.1 Å². The lowest BCUT2D eigenvalue weighted by molar-refractivity contribution is -0.138. The molecule has 1 atom stereocenters. The first-order chi connectivity index (χ1) is 14.6. The predicted molar refractivity (Wildman–Crippen MR) is 114 cm³/mol. The smallest absolute Gasteiger partial charge is 0.354 e. The number of aromatic nitrogens is 2. The minimum atomic E-state index is -4.68. The van der Waals surface area contributed by atoms with Gasteiger partial charge in [-0.05, 0) is 49.4 Å². The molecule has 168 valence electrons. The van der Waals surface area contributed by atoms with E-state index >= 15 is 0 Å². The largest absolute Gasteiger partial charge is 0.418 e. The van der Waals surface area contributed by atoms with Gasteiger partial charge in [0.15, 0.2) is 0 Å². The highest BCUT2D eigenvalue weighted by Gasteiger charge is 2.37. The molecule has 2 aromatic heterocycles. The summed E-state index contributed by atoms with van der Waals surface area (Å²) in [6.45, 7) is 9.76. The molecule has 0 aliphatic carbocycles. The molecule has 3 heterocycles. The van der Waals surface area contributed by atoms with Crippen molar-refractivity contribution in [3.05, 3.63) is 52.5 Å². The van der Waals surface area contributed by atoms with E-state index in [9.17, 15) is 18.0 Å². The Bertz CT molecular complexity index is 943. The van der Waals surface area contributed by atoms with Crippen LogP contribution in [0.25, 0.3) is 0 Å². The summed E-state index contributed by atoms with van der Waals surface area (Å²) in [5, 5.41) is 3.44. The Morgan fingerprint density at radius 2 is 2.06 bits per heavy atom. The summed E-state index contributed by atoms with van der Waals surface area (Å²) in [5.74, 6) is 0.142. The lowest BCUT2D eigenvalue weighted by Crippen LogP contribution is -2.51. The number of aryl methyl sites for hydroxylation is 2. The summed E-state index contributed by atoms with van der Waals surface area (Å²) in [4.78, 5) is 23.6. The highest BCUT2D eigenvalue weighted by Crippen LogP contribution is 2.34. The third-order valence-corrected chi connectivity index (χ3v) is 5.53. The van der Waals surface area contributed by atoms with E-state index in [1.165, 1.54) is 6.07 Å². The van der Waals surface area contributed by atoms with Crippen molar-refractivity contribution < 1.29 is 18.0 Å². The second-order valence-electron chi connectivity index (χ2n) is 8.45. The van der Waals surface area contributed by atoms with Gasteiger partial charge in [0.2, 0.25) is 5.78 Å². The third-order valence-electron chi connectivity index (χ3n) is 5.53. The standard InChI is InChI=1S/C23H29F3N4O/c1-5-16-11-18(15(4)28-12-16)22(31)21-19(23(24,25)26)6-7-20(29-21)30-9-8-27-17(13-30)10-14(2)3/h6-7,11-12,14,17,27H,5,8-10,13H2,1-4H3/t17-/m0/s1. The van der Waals surface area contributed by atoms with Crippen LogP contribution in [0.1, 0.15) is 60.1 Å². The first-order valence-electron chi connectivity index (χ1n) is 10.7. The Morgan fingerprint density at radius 1 is 1.32 bits per heavy atom. The monoisotopic (exact) mass is 434 g/mol. The van der Waals surface area contributed by atoms with Crippen molar-refractivity contribution in [3.8, 4) is 0 Å². The maximum Gasteiger partial charge on any atom is 0.418 e. The number of hydrogen-bond donors (Lipinski definition) is 1. The average molecular weight is 435 g/mol. The van der Waals surface area contributed by atoms with Crippen LogP contribution < -0.4 is 10.2 Å². The molecule has 0 aromatic carbocycles. The molecule has 3 rings (SSSR count). The number of carbonyl (C=O) groups excluding carboxylic acids is 1. The fourth-order valence-electron chi connectivity index (χ4n) is 3.91. The summed E-state index contributed by atoms with van der Waals surface area (Å²) >= 11 is 0. The van der Waals surface area contributed by atoms with Gasteiger partial charge < -0.3 is 10.2 Å². The molecule has 31 heavy (non-hydrogen) atoms. The molecule has 0 unspecified atom stereocenters. The van der Waals surface area contributed by atoms with Gasteiger partial charge in [-0.3, -0.25) is 9.78 Å². The van der Waals surface area contributed by atoms with Gasteiger partial charge in [0.1, 0.15) is 11.5 Å². The van der Waals surface area contributed by atoms with Crippen molar-refractivity contribution in [3.63, 3.8) is 0 Å². The summed E-state index contributed by atoms with van der Waals surface area (Å²) in [5.41, 5.74) is -0.245. The average Bonchev–Trinajstić information content (AvgIpc) is 2.72. The first-order valence-corrected chi connectivity index (χ1v) is 10.7. The minimum absolute atomic E-state index is 0.160. The van der Waals surface area contributed by atoms with Crippen LogP contribution in [0.4, 0.5) is 19.0 Å². The molecule has 1 N–H and O–H groups in total. The number of alkyl halides is 3. The number of rotatable bonds is 6. The molecule has 2 aromatic rings. The van der Waals surface area contributed by atoms with Crippen LogP contribution in [0.3, 0.4) is 0 Å². The van der Waals surface area contributed by atoms with Crippen LogP contribution >= 0.6 is 0 Å². The van der Waals surface area contributed by atoms with Crippen molar-refractivity contribution in [2.24, 2.45) is 5.92 Å². The van der Waals surface area contributed by atoms with Gasteiger partial charge >= 0.3 is 6.18 Å². The number of ketones is 1. The molecule has 0 bridgehead atoms. The van der Waals surface area contributed by atoms with Gasteiger partial charge in [-0.15, -0.1) is 0 Å². The maximum absolute atomic E-state index is 13.7. The Morgan fingerprint density at radius 3 is 2.71 bits per heavy atom. The molecule has 0 saturated carbocycles. The second-order valence-corrected chi connectivity index (χ2v) is 8.45. The number of carbonyl (C=O) groups is 1. The molecule has 8 heteroatoms. The highest BCUT2D eigenvalue weighted by molar-refractivity contribution is 6.09. The SMILES string of the molecule is CCc1cnc(C)c(C(=O)c2nc(N3CCN[C@@H](CC(C)C)C3)ccc2C(F)(F)F)c1. The Hall–Kier alpha value is -2.48. The third kappa shape index (κ3) is 5.42. The van der Waals surface area contributed by atoms with Crippen molar-refractivity contribution in [1.29, 1.82) is 0 Å². The topological polar surface area (TPSA) is 58.1 Å². The number of pyridine rings is 2. The van der Waals surface area contributed by atoms with E-state index in [1.54, 1.807) is 19.2 Å². The fourth-order valence-corrected chi connectivity index (χ4v) is 3.91. The zero-order valence-corrected chi connectivity index (χ0v) is 18.4. The Labute approximate surface area is 181 Å². The number of nitrogens with zero attached hydrogens (tertiary/aromatic N) is 3. The molecule has 0 radical (unpaired) electrons. The van der Waals surface area contributed by atoms with Crippen LogP contribution in [0, 0.1) is 12.8 Å². The summed E-state index contributed by atoms with van der Waals surface area (Å²) < 4.78 is 41.2. The van der Waals surface area contributed by atoms with E-state index in [0.717, 1.165) is 18.1 Å². The van der Waals surface area contributed by atoms with Crippen molar-refractivity contribution in [2.75, 3.05) is 24.5 Å². The predicted octanol–water partition coefficient (Wildman–Crippen LogP) is 4.42. The lowest BCUT2D eigenvalue weighted by Gasteiger charge is -2.35. The van der Waals surface area contributed by atoms with Gasteiger partial charge in [0.05, 0.1) is 5.56 Å².